The number of hydrogen-bond donors (Lipinski definition) is 3. The van der Waals surface area contributed by atoms with Crippen LogP contribution >= 0.6 is 0 Å². The number of para-hydroxylation sites is 1. The van der Waals surface area contributed by atoms with Crippen molar-refractivity contribution in [2.45, 2.75) is 25.9 Å². The first-order valence-corrected chi connectivity index (χ1v) is 8.21. The molecule has 7 nitrogen and oxygen atoms in total. The van der Waals surface area contributed by atoms with Crippen molar-refractivity contribution >= 4 is 29.3 Å². The third-order valence-electron chi connectivity index (χ3n) is 4.28. The summed E-state index contributed by atoms with van der Waals surface area (Å²) in [7, 11) is 0. The van der Waals surface area contributed by atoms with Crippen LogP contribution in [0.1, 0.15) is 19.4 Å². The van der Waals surface area contributed by atoms with Crippen LogP contribution in [0.5, 0.6) is 0 Å². The number of hydrogen-bond acceptors (Lipinski definition) is 3. The average molecular weight is 352 g/mol. The lowest BCUT2D eigenvalue weighted by Crippen LogP contribution is -2.43. The number of benzene rings is 2. The fraction of sp³-hybridized carbons (Fsp3) is 0.211. The number of urea groups is 2. The summed E-state index contributed by atoms with van der Waals surface area (Å²) in [4.78, 5) is 37.2. The molecule has 0 radical (unpaired) electrons. The van der Waals surface area contributed by atoms with Crippen LogP contribution in [0.25, 0.3) is 0 Å². The molecule has 1 saturated heterocycles. The summed E-state index contributed by atoms with van der Waals surface area (Å²) in [5, 5.41) is 7.80. The van der Waals surface area contributed by atoms with Gasteiger partial charge in [-0.2, -0.15) is 0 Å². The van der Waals surface area contributed by atoms with E-state index in [1.54, 1.807) is 38.1 Å². The first kappa shape index (κ1) is 17.5. The maximum atomic E-state index is 12.0. The standard InChI is InChI=1S/C19H20N4O3/c1-19(2)16(24)22-18(26)23(19)12-13-8-10-15(11-9-13)21-17(25)20-14-6-4-3-5-7-14/h3-11H,12H2,1-2H3,(H2,20,21,25)(H,22,24,26). The minimum Gasteiger partial charge on any atom is -0.308 e. The van der Waals surface area contributed by atoms with Gasteiger partial charge in [0.15, 0.2) is 0 Å². The molecular weight excluding hydrogens is 332 g/mol. The molecule has 26 heavy (non-hydrogen) atoms. The van der Waals surface area contributed by atoms with Gasteiger partial charge in [-0.25, -0.2) is 9.59 Å². The molecule has 1 fully saturated rings. The highest BCUT2D eigenvalue weighted by atomic mass is 16.2. The van der Waals surface area contributed by atoms with Gasteiger partial charge < -0.3 is 15.5 Å². The second-order valence-corrected chi connectivity index (χ2v) is 6.55. The molecule has 0 spiro atoms. The summed E-state index contributed by atoms with van der Waals surface area (Å²) in [6.07, 6.45) is 0. The quantitative estimate of drug-likeness (QED) is 0.738. The van der Waals surface area contributed by atoms with Crippen LogP contribution in [-0.4, -0.2) is 28.4 Å². The molecule has 5 amide bonds. The van der Waals surface area contributed by atoms with Gasteiger partial charge in [0.25, 0.3) is 5.91 Å². The molecule has 3 N–H and O–H groups in total. The topological polar surface area (TPSA) is 90.5 Å². The minimum absolute atomic E-state index is 0.307. The van der Waals surface area contributed by atoms with E-state index in [-0.39, 0.29) is 11.9 Å². The second kappa shape index (κ2) is 6.87. The van der Waals surface area contributed by atoms with E-state index in [1.165, 1.54) is 4.90 Å². The SMILES string of the molecule is CC1(C)C(=O)NC(=O)N1Cc1ccc(NC(=O)Nc2ccccc2)cc1. The zero-order chi connectivity index (χ0) is 18.7. The fourth-order valence-corrected chi connectivity index (χ4v) is 2.65. The van der Waals surface area contributed by atoms with Crippen molar-refractivity contribution in [2.75, 3.05) is 10.6 Å². The summed E-state index contributed by atoms with van der Waals surface area (Å²) in [5.74, 6) is -0.307. The zero-order valence-electron chi connectivity index (χ0n) is 14.6. The van der Waals surface area contributed by atoms with Crippen LogP contribution in [0.2, 0.25) is 0 Å². The van der Waals surface area contributed by atoms with E-state index in [9.17, 15) is 14.4 Å². The Bertz CT molecular complexity index is 832. The molecular formula is C19H20N4O3. The highest BCUT2D eigenvalue weighted by molar-refractivity contribution is 6.06. The fourth-order valence-electron chi connectivity index (χ4n) is 2.65. The molecule has 1 heterocycles. The number of nitrogens with one attached hydrogen (secondary N) is 3. The van der Waals surface area contributed by atoms with E-state index in [0.29, 0.717) is 17.9 Å². The number of carbonyl (C=O) groups is 3. The van der Waals surface area contributed by atoms with E-state index in [2.05, 4.69) is 16.0 Å². The van der Waals surface area contributed by atoms with Gasteiger partial charge >= 0.3 is 12.1 Å². The van der Waals surface area contributed by atoms with Gasteiger partial charge in [0, 0.05) is 17.9 Å². The summed E-state index contributed by atoms with van der Waals surface area (Å²) in [5.41, 5.74) is 1.30. The lowest BCUT2D eigenvalue weighted by Gasteiger charge is -2.27. The first-order chi connectivity index (χ1) is 12.4. The van der Waals surface area contributed by atoms with Gasteiger partial charge in [-0.05, 0) is 43.7 Å². The maximum Gasteiger partial charge on any atom is 0.325 e. The summed E-state index contributed by atoms with van der Waals surface area (Å²) in [6, 6.07) is 15.5. The Morgan fingerprint density at radius 2 is 1.54 bits per heavy atom. The minimum atomic E-state index is -0.885. The molecule has 1 aliphatic rings. The van der Waals surface area contributed by atoms with Crippen molar-refractivity contribution in [1.82, 2.24) is 10.2 Å². The van der Waals surface area contributed by atoms with Crippen molar-refractivity contribution in [3.63, 3.8) is 0 Å². The largest absolute Gasteiger partial charge is 0.325 e. The van der Waals surface area contributed by atoms with Gasteiger partial charge in [-0.1, -0.05) is 30.3 Å². The van der Waals surface area contributed by atoms with Crippen LogP contribution in [-0.2, 0) is 11.3 Å². The molecule has 1 aliphatic heterocycles. The predicted molar refractivity (Wildman–Crippen MR) is 98.7 cm³/mol. The van der Waals surface area contributed by atoms with Gasteiger partial charge in [0.2, 0.25) is 0 Å². The van der Waals surface area contributed by atoms with Gasteiger partial charge in [0.1, 0.15) is 5.54 Å². The Morgan fingerprint density at radius 3 is 2.08 bits per heavy atom. The van der Waals surface area contributed by atoms with Crippen molar-refractivity contribution < 1.29 is 14.4 Å². The van der Waals surface area contributed by atoms with Crippen LogP contribution < -0.4 is 16.0 Å². The van der Waals surface area contributed by atoms with Crippen LogP contribution in [0.15, 0.2) is 54.6 Å². The molecule has 0 saturated carbocycles. The zero-order valence-corrected chi connectivity index (χ0v) is 14.6. The van der Waals surface area contributed by atoms with E-state index >= 15 is 0 Å². The monoisotopic (exact) mass is 352 g/mol. The third-order valence-corrected chi connectivity index (χ3v) is 4.28. The van der Waals surface area contributed by atoms with E-state index < -0.39 is 11.6 Å². The Balaban J connectivity index is 1.61. The molecule has 0 bridgehead atoms. The summed E-state index contributed by atoms with van der Waals surface area (Å²) in [6.45, 7) is 3.72. The molecule has 2 aromatic carbocycles. The normalized spacial score (nSPS) is 15.5. The van der Waals surface area contributed by atoms with Gasteiger partial charge in [-0.15, -0.1) is 0 Å². The second-order valence-electron chi connectivity index (χ2n) is 6.55. The maximum absolute atomic E-state index is 12.0. The number of nitrogens with zero attached hydrogens (tertiary/aromatic N) is 1. The summed E-state index contributed by atoms with van der Waals surface area (Å²) < 4.78 is 0. The number of amides is 5. The highest BCUT2D eigenvalue weighted by Crippen LogP contribution is 2.24. The van der Waals surface area contributed by atoms with Crippen LogP contribution in [0.3, 0.4) is 0 Å². The number of carbonyl (C=O) groups excluding carboxylic acids is 3. The van der Waals surface area contributed by atoms with Crippen LogP contribution in [0, 0.1) is 0 Å². The molecule has 2 aromatic rings. The third kappa shape index (κ3) is 3.66. The van der Waals surface area contributed by atoms with E-state index in [0.717, 1.165) is 5.56 Å². The van der Waals surface area contributed by atoms with E-state index in [4.69, 9.17) is 0 Å². The Morgan fingerprint density at radius 1 is 0.962 bits per heavy atom. The molecule has 0 aromatic heterocycles. The summed E-state index contributed by atoms with van der Waals surface area (Å²) >= 11 is 0. The Hall–Kier alpha value is -3.35. The highest BCUT2D eigenvalue weighted by Gasteiger charge is 2.45. The number of anilines is 2. The van der Waals surface area contributed by atoms with Crippen molar-refractivity contribution in [3.8, 4) is 0 Å². The predicted octanol–water partition coefficient (Wildman–Crippen LogP) is 3.16. The molecule has 7 heteroatoms. The van der Waals surface area contributed by atoms with E-state index in [1.807, 2.05) is 30.3 Å². The molecule has 0 atom stereocenters. The molecule has 0 unspecified atom stereocenters. The van der Waals surface area contributed by atoms with Crippen molar-refractivity contribution in [3.05, 3.63) is 60.2 Å². The first-order valence-electron chi connectivity index (χ1n) is 8.21. The van der Waals surface area contributed by atoms with Crippen molar-refractivity contribution in [1.29, 1.82) is 0 Å². The number of imide groups is 1. The van der Waals surface area contributed by atoms with Crippen LogP contribution in [0.4, 0.5) is 21.0 Å². The Labute approximate surface area is 151 Å². The smallest absolute Gasteiger partial charge is 0.308 e. The number of rotatable bonds is 4. The lowest BCUT2D eigenvalue weighted by molar-refractivity contribution is -0.125. The van der Waals surface area contributed by atoms with Gasteiger partial charge in [0.05, 0.1) is 0 Å². The van der Waals surface area contributed by atoms with Gasteiger partial charge in [-0.3, -0.25) is 10.1 Å². The molecule has 3 rings (SSSR count). The molecule has 134 valence electrons. The molecule has 0 aliphatic carbocycles. The van der Waals surface area contributed by atoms with Crippen molar-refractivity contribution in [2.24, 2.45) is 0 Å². The Kier molecular flexibility index (Phi) is 4.62. The average Bonchev–Trinajstić information content (AvgIpc) is 2.79. The lowest BCUT2D eigenvalue weighted by atomic mass is 10.0.